The van der Waals surface area contributed by atoms with Gasteiger partial charge in [-0.1, -0.05) is 18.7 Å². The van der Waals surface area contributed by atoms with Crippen molar-refractivity contribution in [1.82, 2.24) is 4.90 Å². The molecule has 5 nitrogen and oxygen atoms in total. The summed E-state index contributed by atoms with van der Waals surface area (Å²) in [5.41, 5.74) is 10.5. The summed E-state index contributed by atoms with van der Waals surface area (Å²) in [4.78, 5) is 18.5. The van der Waals surface area contributed by atoms with Gasteiger partial charge in [0.05, 0.1) is 19.2 Å². The average molecular weight is 343 g/mol. The highest BCUT2D eigenvalue weighted by Crippen LogP contribution is 2.30. The second-order valence-electron chi connectivity index (χ2n) is 6.62. The second-order valence-corrected chi connectivity index (χ2v) is 6.62. The molecule has 132 valence electrons. The van der Waals surface area contributed by atoms with E-state index < -0.39 is 11.5 Å². The number of carbonyl (C=O) groups excluding carboxylic acids is 1. The molecule has 0 aliphatic carbocycles. The quantitative estimate of drug-likeness (QED) is 0.677. The molecule has 2 N–H and O–H groups in total. The summed E-state index contributed by atoms with van der Waals surface area (Å²) in [5, 5.41) is 0. The molecular formula is C19H22FN3O2. The predicted octanol–water partition coefficient (Wildman–Crippen LogP) is 2.89. The van der Waals surface area contributed by atoms with Crippen molar-refractivity contribution >= 4 is 11.7 Å². The van der Waals surface area contributed by atoms with E-state index >= 15 is 0 Å². The summed E-state index contributed by atoms with van der Waals surface area (Å²) in [6.45, 7) is 9.76. The fraction of sp³-hybridized carbons (Fsp3) is 0.316. The summed E-state index contributed by atoms with van der Waals surface area (Å²) < 4.78 is 18.0. The zero-order valence-corrected chi connectivity index (χ0v) is 14.9. The standard InChI is InChI=1S/C19H22FN3O2/c1-6-14-16(22-19(2,3)4)15(18(24)25-5)17(21)23(14)11-12-7-9-13(20)10-8-12/h7-10H,1,11,21H2,2-5H3/b22-16+. The van der Waals surface area contributed by atoms with Crippen LogP contribution in [0.5, 0.6) is 0 Å². The van der Waals surface area contributed by atoms with Crippen molar-refractivity contribution in [2.24, 2.45) is 10.7 Å². The number of methoxy groups -OCH3 is 1. The average Bonchev–Trinajstić information content (AvgIpc) is 2.78. The Kier molecular flexibility index (Phi) is 5.14. The maximum absolute atomic E-state index is 13.1. The van der Waals surface area contributed by atoms with Crippen LogP contribution in [0.1, 0.15) is 26.3 Å². The summed E-state index contributed by atoms with van der Waals surface area (Å²) in [6.07, 6.45) is 0. The largest absolute Gasteiger partial charge is 0.465 e. The molecule has 0 unspecified atom stereocenters. The van der Waals surface area contributed by atoms with Gasteiger partial charge >= 0.3 is 5.97 Å². The van der Waals surface area contributed by atoms with E-state index in [-0.39, 0.29) is 17.2 Å². The fourth-order valence-electron chi connectivity index (χ4n) is 2.49. The second kappa shape index (κ2) is 6.95. The Bertz CT molecular complexity index is 795. The van der Waals surface area contributed by atoms with Gasteiger partial charge in [-0.15, -0.1) is 5.73 Å². The predicted molar refractivity (Wildman–Crippen MR) is 95.0 cm³/mol. The van der Waals surface area contributed by atoms with Crippen LogP contribution in [0, 0.1) is 5.82 Å². The Balaban J connectivity index is 2.54. The molecule has 0 saturated carbocycles. The monoisotopic (exact) mass is 343 g/mol. The number of allylic oxidation sites excluding steroid dienone is 1. The van der Waals surface area contributed by atoms with Gasteiger partial charge in [-0.05, 0) is 38.5 Å². The highest BCUT2D eigenvalue weighted by molar-refractivity contribution is 6.28. The lowest BCUT2D eigenvalue weighted by Gasteiger charge is -2.21. The minimum atomic E-state index is -0.574. The summed E-state index contributed by atoms with van der Waals surface area (Å²) >= 11 is 0. The first-order valence-electron chi connectivity index (χ1n) is 7.78. The van der Waals surface area contributed by atoms with Gasteiger partial charge in [0.1, 0.15) is 28.6 Å². The smallest absolute Gasteiger partial charge is 0.343 e. The number of halogens is 1. The van der Waals surface area contributed by atoms with Crippen LogP contribution in [-0.2, 0) is 16.1 Å². The van der Waals surface area contributed by atoms with E-state index in [0.717, 1.165) is 5.56 Å². The van der Waals surface area contributed by atoms with Crippen molar-refractivity contribution in [3.05, 3.63) is 65.0 Å². The Hall–Kier alpha value is -2.85. The van der Waals surface area contributed by atoms with Crippen molar-refractivity contribution in [2.45, 2.75) is 32.9 Å². The molecule has 0 amide bonds. The van der Waals surface area contributed by atoms with E-state index in [9.17, 15) is 9.18 Å². The van der Waals surface area contributed by atoms with Gasteiger partial charge in [-0.25, -0.2) is 9.18 Å². The van der Waals surface area contributed by atoms with Gasteiger partial charge in [-0.3, -0.25) is 4.99 Å². The molecular weight excluding hydrogens is 321 g/mol. The normalized spacial score (nSPS) is 16.4. The Morgan fingerprint density at radius 1 is 1.36 bits per heavy atom. The highest BCUT2D eigenvalue weighted by atomic mass is 19.1. The van der Waals surface area contributed by atoms with E-state index in [1.54, 1.807) is 17.0 Å². The van der Waals surface area contributed by atoms with Gasteiger partial charge in [0, 0.05) is 0 Å². The molecule has 0 saturated heterocycles. The highest BCUT2D eigenvalue weighted by Gasteiger charge is 2.37. The molecule has 0 radical (unpaired) electrons. The third-order valence-electron chi connectivity index (χ3n) is 3.54. The van der Waals surface area contributed by atoms with Crippen LogP contribution in [0.15, 0.2) is 58.7 Å². The number of hydrogen-bond donors (Lipinski definition) is 1. The molecule has 6 heteroatoms. The summed E-state index contributed by atoms with van der Waals surface area (Å²) in [7, 11) is 1.29. The van der Waals surface area contributed by atoms with Gasteiger partial charge < -0.3 is 15.4 Å². The molecule has 1 heterocycles. The van der Waals surface area contributed by atoms with Crippen molar-refractivity contribution in [3.63, 3.8) is 0 Å². The molecule has 2 rings (SSSR count). The lowest BCUT2D eigenvalue weighted by Crippen LogP contribution is -2.24. The molecule has 0 fully saturated rings. The Morgan fingerprint density at radius 2 is 1.96 bits per heavy atom. The third kappa shape index (κ3) is 3.98. The van der Waals surface area contributed by atoms with Crippen LogP contribution in [0.4, 0.5) is 4.39 Å². The SMILES string of the molecule is C=C=C1/C(=N\C(C)(C)C)C(C(=O)OC)=C(N)N1Cc1ccc(F)cc1. The molecule has 1 aromatic rings. The van der Waals surface area contributed by atoms with E-state index in [1.165, 1.54) is 19.2 Å². The Morgan fingerprint density at radius 3 is 2.44 bits per heavy atom. The van der Waals surface area contributed by atoms with Gasteiger partial charge in [0.2, 0.25) is 0 Å². The lowest BCUT2D eigenvalue weighted by molar-refractivity contribution is -0.135. The minimum Gasteiger partial charge on any atom is -0.465 e. The number of benzene rings is 1. The first-order valence-corrected chi connectivity index (χ1v) is 7.78. The van der Waals surface area contributed by atoms with E-state index in [0.29, 0.717) is 18.0 Å². The first-order chi connectivity index (χ1) is 11.7. The molecule has 0 aromatic heterocycles. The molecule has 1 aliphatic heterocycles. The number of nitrogens with two attached hydrogens (primary N) is 1. The van der Waals surface area contributed by atoms with Crippen molar-refractivity contribution in [2.75, 3.05) is 7.11 Å². The number of aliphatic imine (C=N–C) groups is 1. The van der Waals surface area contributed by atoms with E-state index in [2.05, 4.69) is 17.3 Å². The van der Waals surface area contributed by atoms with Crippen LogP contribution >= 0.6 is 0 Å². The third-order valence-corrected chi connectivity index (χ3v) is 3.54. The van der Waals surface area contributed by atoms with Crippen LogP contribution in [0.3, 0.4) is 0 Å². The van der Waals surface area contributed by atoms with Gasteiger partial charge in [0.15, 0.2) is 0 Å². The van der Waals surface area contributed by atoms with Crippen LogP contribution < -0.4 is 5.73 Å². The maximum Gasteiger partial charge on any atom is 0.343 e. The zero-order chi connectivity index (χ0) is 18.8. The molecule has 0 bridgehead atoms. The van der Waals surface area contributed by atoms with E-state index in [1.807, 2.05) is 20.8 Å². The zero-order valence-electron chi connectivity index (χ0n) is 14.9. The van der Waals surface area contributed by atoms with E-state index in [4.69, 9.17) is 10.5 Å². The Labute approximate surface area is 147 Å². The molecule has 0 atom stereocenters. The molecule has 1 aromatic carbocycles. The van der Waals surface area contributed by atoms with Crippen LogP contribution in [0.25, 0.3) is 0 Å². The van der Waals surface area contributed by atoms with Crippen molar-refractivity contribution in [3.8, 4) is 0 Å². The molecule has 25 heavy (non-hydrogen) atoms. The van der Waals surface area contributed by atoms with Crippen LogP contribution in [0.2, 0.25) is 0 Å². The van der Waals surface area contributed by atoms with Gasteiger partial charge in [-0.2, -0.15) is 0 Å². The number of esters is 1. The fourth-order valence-corrected chi connectivity index (χ4v) is 2.49. The van der Waals surface area contributed by atoms with Gasteiger partial charge in [0.25, 0.3) is 0 Å². The number of hydrogen-bond acceptors (Lipinski definition) is 5. The van der Waals surface area contributed by atoms with Crippen molar-refractivity contribution < 1.29 is 13.9 Å². The minimum absolute atomic E-state index is 0.186. The molecule has 0 spiro atoms. The topological polar surface area (TPSA) is 67.9 Å². The molecule has 1 aliphatic rings. The number of ether oxygens (including phenoxy) is 1. The summed E-state index contributed by atoms with van der Waals surface area (Å²) in [5.74, 6) is -0.682. The number of nitrogens with zero attached hydrogens (tertiary/aromatic N) is 2. The van der Waals surface area contributed by atoms with Crippen LogP contribution in [-0.4, -0.2) is 29.2 Å². The maximum atomic E-state index is 13.1. The lowest BCUT2D eigenvalue weighted by atomic mass is 10.1. The number of carbonyl (C=O) groups is 1. The number of rotatable bonds is 3. The first kappa shape index (κ1) is 18.5. The van der Waals surface area contributed by atoms with Crippen molar-refractivity contribution in [1.29, 1.82) is 0 Å². The summed E-state index contributed by atoms with van der Waals surface area (Å²) in [6, 6.07) is 6.04.